The van der Waals surface area contributed by atoms with Crippen molar-refractivity contribution in [3.05, 3.63) is 29.3 Å². The lowest BCUT2D eigenvalue weighted by Gasteiger charge is -2.29. The Bertz CT molecular complexity index is 378. The second-order valence-electron chi connectivity index (χ2n) is 4.91. The number of nitrogens with one attached hydrogen (secondary N) is 1. The first kappa shape index (κ1) is 12.4. The molecule has 0 bridgehead atoms. The fourth-order valence-electron chi connectivity index (χ4n) is 2.58. The van der Waals surface area contributed by atoms with E-state index in [2.05, 4.69) is 12.2 Å². The molecule has 0 amide bonds. The molecule has 1 aliphatic rings. The van der Waals surface area contributed by atoms with Crippen molar-refractivity contribution in [3.63, 3.8) is 0 Å². The van der Waals surface area contributed by atoms with E-state index in [0.29, 0.717) is 17.8 Å². The Hall–Kier alpha value is -1.06. The third kappa shape index (κ3) is 2.99. The maximum Gasteiger partial charge on any atom is 0.115 e. The highest BCUT2D eigenvalue weighted by Crippen LogP contribution is 2.32. The number of hydrogen-bond donors (Lipinski definition) is 3. The van der Waals surface area contributed by atoms with Crippen molar-refractivity contribution in [2.75, 3.05) is 6.61 Å². The van der Waals surface area contributed by atoms with E-state index in [4.69, 9.17) is 5.11 Å². The predicted molar refractivity (Wildman–Crippen MR) is 68.1 cm³/mol. The molecule has 2 unspecified atom stereocenters. The van der Waals surface area contributed by atoms with Crippen LogP contribution in [0.1, 0.15) is 43.4 Å². The van der Waals surface area contributed by atoms with E-state index in [0.717, 1.165) is 19.3 Å². The Kier molecular flexibility index (Phi) is 4.02. The maximum atomic E-state index is 9.58. The van der Waals surface area contributed by atoms with E-state index in [9.17, 15) is 5.11 Å². The number of aliphatic hydroxyl groups excluding tert-OH is 1. The van der Waals surface area contributed by atoms with E-state index in [1.165, 1.54) is 17.5 Å². The van der Waals surface area contributed by atoms with E-state index < -0.39 is 0 Å². The van der Waals surface area contributed by atoms with Crippen LogP contribution in [0.15, 0.2) is 18.2 Å². The summed E-state index contributed by atoms with van der Waals surface area (Å²) in [4.78, 5) is 0. The number of hydrogen-bond acceptors (Lipinski definition) is 3. The van der Waals surface area contributed by atoms with Gasteiger partial charge in [-0.05, 0) is 55.9 Å². The van der Waals surface area contributed by atoms with E-state index >= 15 is 0 Å². The van der Waals surface area contributed by atoms with Gasteiger partial charge in [-0.3, -0.25) is 0 Å². The van der Waals surface area contributed by atoms with Crippen LogP contribution >= 0.6 is 0 Å². The van der Waals surface area contributed by atoms with Crippen LogP contribution in [0.3, 0.4) is 0 Å². The summed E-state index contributed by atoms with van der Waals surface area (Å²) >= 11 is 0. The van der Waals surface area contributed by atoms with Crippen molar-refractivity contribution in [1.29, 1.82) is 0 Å². The van der Waals surface area contributed by atoms with Crippen LogP contribution in [0.25, 0.3) is 0 Å². The molecule has 17 heavy (non-hydrogen) atoms. The van der Waals surface area contributed by atoms with Gasteiger partial charge in [-0.25, -0.2) is 0 Å². The van der Waals surface area contributed by atoms with E-state index in [-0.39, 0.29) is 6.61 Å². The van der Waals surface area contributed by atoms with Gasteiger partial charge in [0.2, 0.25) is 0 Å². The summed E-state index contributed by atoms with van der Waals surface area (Å²) in [6, 6.07) is 6.27. The number of benzene rings is 1. The molecule has 3 N–H and O–H groups in total. The predicted octanol–water partition coefficient (Wildman–Crippen LogP) is 2.13. The molecule has 0 fully saturated rings. The topological polar surface area (TPSA) is 52.5 Å². The number of phenols is 1. The number of phenolic OH excluding ortho intramolecular Hbond substituents is 1. The summed E-state index contributed by atoms with van der Waals surface area (Å²) in [7, 11) is 0. The first-order valence-electron chi connectivity index (χ1n) is 6.39. The quantitative estimate of drug-likeness (QED) is 0.749. The Morgan fingerprint density at radius 1 is 1.47 bits per heavy atom. The van der Waals surface area contributed by atoms with Gasteiger partial charge in [0.15, 0.2) is 0 Å². The van der Waals surface area contributed by atoms with Gasteiger partial charge in [-0.2, -0.15) is 0 Å². The zero-order valence-corrected chi connectivity index (χ0v) is 10.3. The highest BCUT2D eigenvalue weighted by Gasteiger charge is 2.21. The first-order chi connectivity index (χ1) is 8.20. The summed E-state index contributed by atoms with van der Waals surface area (Å²) in [5.74, 6) is 0.340. The van der Waals surface area contributed by atoms with Crippen LogP contribution in [0.5, 0.6) is 5.75 Å². The molecule has 3 heteroatoms. The molecular formula is C14H21NO2. The number of rotatable bonds is 4. The van der Waals surface area contributed by atoms with Gasteiger partial charge in [-0.15, -0.1) is 0 Å². The average molecular weight is 235 g/mol. The lowest BCUT2D eigenvalue weighted by Crippen LogP contribution is -2.33. The SMILES string of the molecule is CC(CCO)NC1CCCc2ccc(O)cc21. The first-order valence-corrected chi connectivity index (χ1v) is 6.39. The Morgan fingerprint density at radius 2 is 2.29 bits per heavy atom. The molecule has 1 aromatic rings. The molecule has 1 aliphatic carbocycles. The molecule has 0 aromatic heterocycles. The largest absolute Gasteiger partial charge is 0.508 e. The Balaban J connectivity index is 2.13. The van der Waals surface area contributed by atoms with E-state index in [1.807, 2.05) is 12.1 Å². The Morgan fingerprint density at radius 3 is 3.06 bits per heavy atom. The highest BCUT2D eigenvalue weighted by molar-refractivity contribution is 5.38. The fraction of sp³-hybridized carbons (Fsp3) is 0.571. The zero-order valence-electron chi connectivity index (χ0n) is 10.3. The van der Waals surface area contributed by atoms with Gasteiger partial charge < -0.3 is 15.5 Å². The highest BCUT2D eigenvalue weighted by atomic mass is 16.3. The molecule has 3 nitrogen and oxygen atoms in total. The summed E-state index contributed by atoms with van der Waals surface area (Å²) in [6.45, 7) is 2.31. The van der Waals surface area contributed by atoms with Gasteiger partial charge in [0.1, 0.15) is 5.75 Å². The normalized spacial score (nSPS) is 20.9. The van der Waals surface area contributed by atoms with Crippen molar-refractivity contribution >= 4 is 0 Å². The molecule has 2 rings (SSSR count). The van der Waals surface area contributed by atoms with Crippen LogP contribution in [-0.4, -0.2) is 22.9 Å². The lowest BCUT2D eigenvalue weighted by atomic mass is 9.87. The van der Waals surface area contributed by atoms with Crippen molar-refractivity contribution in [2.24, 2.45) is 0 Å². The van der Waals surface area contributed by atoms with Crippen LogP contribution < -0.4 is 5.32 Å². The number of fused-ring (bicyclic) bond motifs is 1. The minimum atomic E-state index is 0.216. The number of aromatic hydroxyl groups is 1. The molecule has 0 saturated heterocycles. The third-order valence-electron chi connectivity index (χ3n) is 3.49. The van der Waals surface area contributed by atoms with Crippen molar-refractivity contribution in [1.82, 2.24) is 5.32 Å². The van der Waals surface area contributed by atoms with Crippen LogP contribution in [0.2, 0.25) is 0 Å². The van der Waals surface area contributed by atoms with Gasteiger partial charge in [0, 0.05) is 18.7 Å². The van der Waals surface area contributed by atoms with Gasteiger partial charge in [-0.1, -0.05) is 6.07 Å². The second-order valence-corrected chi connectivity index (χ2v) is 4.91. The maximum absolute atomic E-state index is 9.58. The van der Waals surface area contributed by atoms with Crippen molar-refractivity contribution in [3.8, 4) is 5.75 Å². The van der Waals surface area contributed by atoms with Crippen LogP contribution in [-0.2, 0) is 6.42 Å². The summed E-state index contributed by atoms with van der Waals surface area (Å²) in [6.07, 6.45) is 4.15. The average Bonchev–Trinajstić information content (AvgIpc) is 2.30. The number of aryl methyl sites for hydroxylation is 1. The fourth-order valence-corrected chi connectivity index (χ4v) is 2.58. The number of aliphatic hydroxyl groups is 1. The molecule has 0 saturated carbocycles. The van der Waals surface area contributed by atoms with Crippen LogP contribution in [0.4, 0.5) is 0 Å². The summed E-state index contributed by atoms with van der Waals surface area (Å²) in [5.41, 5.74) is 2.56. The van der Waals surface area contributed by atoms with Crippen molar-refractivity contribution < 1.29 is 10.2 Å². The lowest BCUT2D eigenvalue weighted by molar-refractivity contribution is 0.260. The molecule has 0 aliphatic heterocycles. The standard InChI is InChI=1S/C14H21NO2/c1-10(7-8-16)15-14-4-2-3-11-5-6-12(17)9-13(11)14/h5-6,9-10,14-17H,2-4,7-8H2,1H3. The second kappa shape index (κ2) is 5.52. The van der Waals surface area contributed by atoms with Gasteiger partial charge in [0.05, 0.1) is 0 Å². The van der Waals surface area contributed by atoms with Gasteiger partial charge >= 0.3 is 0 Å². The minimum absolute atomic E-state index is 0.216. The molecule has 1 aromatic carbocycles. The van der Waals surface area contributed by atoms with Crippen molar-refractivity contribution in [2.45, 2.75) is 44.7 Å². The molecule has 2 atom stereocenters. The third-order valence-corrected chi connectivity index (χ3v) is 3.49. The molecule has 94 valence electrons. The Labute approximate surface area is 102 Å². The van der Waals surface area contributed by atoms with Gasteiger partial charge in [0.25, 0.3) is 0 Å². The zero-order chi connectivity index (χ0) is 12.3. The smallest absolute Gasteiger partial charge is 0.115 e. The molecular weight excluding hydrogens is 214 g/mol. The van der Waals surface area contributed by atoms with E-state index in [1.54, 1.807) is 6.07 Å². The molecule has 0 spiro atoms. The molecule has 0 heterocycles. The molecule has 0 radical (unpaired) electrons. The summed E-state index contributed by atoms with van der Waals surface area (Å²) < 4.78 is 0. The van der Waals surface area contributed by atoms with Crippen LogP contribution in [0, 0.1) is 0 Å². The minimum Gasteiger partial charge on any atom is -0.508 e. The monoisotopic (exact) mass is 235 g/mol. The summed E-state index contributed by atoms with van der Waals surface area (Å²) in [5, 5.41) is 22.0.